The highest BCUT2D eigenvalue weighted by molar-refractivity contribution is 5.90. The van der Waals surface area contributed by atoms with Crippen molar-refractivity contribution < 1.29 is 0 Å². The topological polar surface area (TPSA) is 91.4 Å². The first kappa shape index (κ1) is 16.2. The molecular formula is C21H17N7. The molecule has 28 heavy (non-hydrogen) atoms. The molecule has 0 aliphatic rings. The second kappa shape index (κ2) is 6.96. The maximum absolute atomic E-state index is 4.70. The summed E-state index contributed by atoms with van der Waals surface area (Å²) in [6, 6.07) is 17.9. The molecule has 7 nitrogen and oxygen atoms in total. The van der Waals surface area contributed by atoms with E-state index in [1.54, 1.807) is 12.4 Å². The third-order valence-electron chi connectivity index (χ3n) is 4.48. The minimum atomic E-state index is 0.534. The number of aromatic nitrogens is 5. The van der Waals surface area contributed by atoms with Crippen molar-refractivity contribution in [3.8, 4) is 0 Å². The quantitative estimate of drug-likeness (QED) is 0.430. The van der Waals surface area contributed by atoms with E-state index in [2.05, 4.69) is 30.8 Å². The fourth-order valence-corrected chi connectivity index (χ4v) is 3.10. The van der Waals surface area contributed by atoms with Gasteiger partial charge in [-0.05, 0) is 42.0 Å². The Kier molecular flexibility index (Phi) is 4.02. The molecular weight excluding hydrogens is 350 g/mol. The molecule has 0 aliphatic heterocycles. The van der Waals surface area contributed by atoms with Gasteiger partial charge in [0.2, 0.25) is 5.95 Å². The Morgan fingerprint density at radius 1 is 0.929 bits per heavy atom. The number of anilines is 3. The molecule has 0 saturated heterocycles. The van der Waals surface area contributed by atoms with Gasteiger partial charge in [0.05, 0.1) is 17.2 Å². The highest BCUT2D eigenvalue weighted by Gasteiger charge is 2.08. The van der Waals surface area contributed by atoms with E-state index in [0.29, 0.717) is 12.5 Å². The molecule has 5 rings (SSSR count). The average molecular weight is 367 g/mol. The van der Waals surface area contributed by atoms with Crippen LogP contribution in [0.3, 0.4) is 0 Å². The van der Waals surface area contributed by atoms with Crippen molar-refractivity contribution in [3.05, 3.63) is 78.8 Å². The third kappa shape index (κ3) is 3.21. The molecule has 0 radical (unpaired) electrons. The van der Waals surface area contributed by atoms with Crippen LogP contribution in [-0.4, -0.2) is 25.1 Å². The minimum absolute atomic E-state index is 0.534. The zero-order chi connectivity index (χ0) is 18.8. The molecule has 2 aromatic carbocycles. The molecule has 0 atom stereocenters. The first-order valence-corrected chi connectivity index (χ1v) is 8.95. The van der Waals surface area contributed by atoms with E-state index in [-0.39, 0.29) is 0 Å². The van der Waals surface area contributed by atoms with Crippen molar-refractivity contribution in [1.29, 1.82) is 0 Å². The van der Waals surface area contributed by atoms with E-state index in [1.165, 1.54) is 0 Å². The standard InChI is InChI=1S/C21H17N7/c1-2-6-18-17(5-1)20(23-12-14-4-3-9-22-11-14)27-21(26-18)25-16-8-7-15-13-24-28-19(15)10-16/h1-11,13H,12H2,(H,24,28)(H2,23,25,26,27). The lowest BCUT2D eigenvalue weighted by atomic mass is 10.2. The number of aromatic amines is 1. The number of hydrogen-bond donors (Lipinski definition) is 3. The normalized spacial score (nSPS) is 11.0. The van der Waals surface area contributed by atoms with Gasteiger partial charge >= 0.3 is 0 Å². The third-order valence-corrected chi connectivity index (χ3v) is 4.48. The SMILES string of the molecule is c1cncc(CNc2nc(Nc3ccc4cn[nH]c4c3)nc3ccccc23)c1. The van der Waals surface area contributed by atoms with Crippen LogP contribution >= 0.6 is 0 Å². The summed E-state index contributed by atoms with van der Waals surface area (Å²) in [7, 11) is 0. The maximum atomic E-state index is 4.70. The first-order chi connectivity index (χ1) is 13.8. The molecule has 7 heteroatoms. The lowest BCUT2D eigenvalue weighted by Crippen LogP contribution is -2.06. The van der Waals surface area contributed by atoms with Gasteiger partial charge in [0.1, 0.15) is 5.82 Å². The summed E-state index contributed by atoms with van der Waals surface area (Å²) in [6.07, 6.45) is 5.41. The van der Waals surface area contributed by atoms with Crippen molar-refractivity contribution >= 4 is 39.3 Å². The van der Waals surface area contributed by atoms with Crippen LogP contribution in [0.5, 0.6) is 0 Å². The molecule has 0 amide bonds. The van der Waals surface area contributed by atoms with Crippen molar-refractivity contribution in [1.82, 2.24) is 25.1 Å². The van der Waals surface area contributed by atoms with Gasteiger partial charge in [-0.15, -0.1) is 0 Å². The molecule has 0 unspecified atom stereocenters. The van der Waals surface area contributed by atoms with E-state index in [9.17, 15) is 0 Å². The predicted molar refractivity (Wildman–Crippen MR) is 110 cm³/mol. The molecule has 0 bridgehead atoms. The number of nitrogens with zero attached hydrogens (tertiary/aromatic N) is 4. The number of H-pyrrole nitrogens is 1. The average Bonchev–Trinajstić information content (AvgIpc) is 3.21. The van der Waals surface area contributed by atoms with Crippen LogP contribution < -0.4 is 10.6 Å². The Morgan fingerprint density at radius 3 is 2.82 bits per heavy atom. The van der Waals surface area contributed by atoms with Gasteiger partial charge in [-0.3, -0.25) is 10.1 Å². The van der Waals surface area contributed by atoms with Gasteiger partial charge in [0, 0.05) is 35.4 Å². The Balaban J connectivity index is 1.48. The summed E-state index contributed by atoms with van der Waals surface area (Å²) in [5.41, 5.74) is 3.81. The van der Waals surface area contributed by atoms with E-state index < -0.39 is 0 Å². The van der Waals surface area contributed by atoms with E-state index in [0.717, 1.165) is 38.9 Å². The predicted octanol–water partition coefficient (Wildman–Crippen LogP) is 4.26. The summed E-state index contributed by atoms with van der Waals surface area (Å²) < 4.78 is 0. The highest BCUT2D eigenvalue weighted by atomic mass is 15.1. The van der Waals surface area contributed by atoms with Gasteiger partial charge in [0.25, 0.3) is 0 Å². The molecule has 0 aliphatic carbocycles. The van der Waals surface area contributed by atoms with Gasteiger partial charge in [-0.1, -0.05) is 18.2 Å². The molecule has 3 heterocycles. The van der Waals surface area contributed by atoms with E-state index >= 15 is 0 Å². The van der Waals surface area contributed by atoms with Crippen LogP contribution in [0.4, 0.5) is 17.5 Å². The molecule has 3 N–H and O–H groups in total. The fourth-order valence-electron chi connectivity index (χ4n) is 3.10. The Morgan fingerprint density at radius 2 is 1.89 bits per heavy atom. The molecule has 136 valence electrons. The first-order valence-electron chi connectivity index (χ1n) is 8.95. The maximum Gasteiger partial charge on any atom is 0.229 e. The lowest BCUT2D eigenvalue weighted by molar-refractivity contribution is 1.08. The van der Waals surface area contributed by atoms with Crippen molar-refractivity contribution in [2.45, 2.75) is 6.54 Å². The van der Waals surface area contributed by atoms with E-state index in [1.807, 2.05) is 60.8 Å². The summed E-state index contributed by atoms with van der Waals surface area (Å²) in [5.74, 6) is 1.31. The summed E-state index contributed by atoms with van der Waals surface area (Å²) in [4.78, 5) is 13.5. The fraction of sp³-hybridized carbons (Fsp3) is 0.0476. The number of benzene rings is 2. The monoisotopic (exact) mass is 367 g/mol. The smallest absolute Gasteiger partial charge is 0.229 e. The second-order valence-corrected chi connectivity index (χ2v) is 6.42. The van der Waals surface area contributed by atoms with Crippen LogP contribution in [0, 0.1) is 0 Å². The lowest BCUT2D eigenvalue weighted by Gasteiger charge is -2.12. The Bertz CT molecular complexity index is 1250. The van der Waals surface area contributed by atoms with Crippen LogP contribution in [0.15, 0.2) is 73.2 Å². The van der Waals surface area contributed by atoms with Crippen LogP contribution in [0.1, 0.15) is 5.56 Å². The number of para-hydroxylation sites is 1. The number of hydrogen-bond acceptors (Lipinski definition) is 6. The number of pyridine rings is 1. The summed E-state index contributed by atoms with van der Waals surface area (Å²) in [6.45, 7) is 0.633. The Labute approximate surface area is 160 Å². The zero-order valence-electron chi connectivity index (χ0n) is 14.9. The van der Waals surface area contributed by atoms with Gasteiger partial charge < -0.3 is 10.6 Å². The molecule has 0 spiro atoms. The van der Waals surface area contributed by atoms with Gasteiger partial charge in [-0.2, -0.15) is 10.1 Å². The highest BCUT2D eigenvalue weighted by Crippen LogP contribution is 2.25. The largest absolute Gasteiger partial charge is 0.365 e. The van der Waals surface area contributed by atoms with Gasteiger partial charge in [-0.25, -0.2) is 4.98 Å². The van der Waals surface area contributed by atoms with Crippen molar-refractivity contribution in [2.24, 2.45) is 0 Å². The molecule has 0 saturated carbocycles. The zero-order valence-corrected chi connectivity index (χ0v) is 14.9. The van der Waals surface area contributed by atoms with Crippen molar-refractivity contribution in [2.75, 3.05) is 10.6 Å². The van der Waals surface area contributed by atoms with Crippen LogP contribution in [-0.2, 0) is 6.54 Å². The van der Waals surface area contributed by atoms with Gasteiger partial charge in [0.15, 0.2) is 0 Å². The van der Waals surface area contributed by atoms with E-state index in [4.69, 9.17) is 4.98 Å². The number of nitrogens with one attached hydrogen (secondary N) is 3. The van der Waals surface area contributed by atoms with Crippen LogP contribution in [0.25, 0.3) is 21.8 Å². The van der Waals surface area contributed by atoms with Crippen molar-refractivity contribution in [3.63, 3.8) is 0 Å². The number of rotatable bonds is 5. The minimum Gasteiger partial charge on any atom is -0.365 e. The number of fused-ring (bicyclic) bond motifs is 2. The Hall–Kier alpha value is -4.00. The summed E-state index contributed by atoms with van der Waals surface area (Å²) in [5, 5.41) is 15.8. The molecule has 5 aromatic rings. The molecule has 0 fully saturated rings. The molecule has 3 aromatic heterocycles. The summed E-state index contributed by atoms with van der Waals surface area (Å²) >= 11 is 0. The van der Waals surface area contributed by atoms with Crippen LogP contribution in [0.2, 0.25) is 0 Å². The second-order valence-electron chi connectivity index (χ2n) is 6.42.